The zero-order valence-electron chi connectivity index (χ0n) is 10.1. The minimum atomic E-state index is -0.948. The number of rotatable bonds is 5. The summed E-state index contributed by atoms with van der Waals surface area (Å²) in [5.41, 5.74) is 0. The number of urea groups is 1. The maximum Gasteiger partial charge on any atom is 0.326 e. The molecule has 0 spiro atoms. The third-order valence-corrected chi connectivity index (χ3v) is 2.92. The summed E-state index contributed by atoms with van der Waals surface area (Å²) < 4.78 is 0. The second-order valence-corrected chi connectivity index (χ2v) is 4.18. The lowest BCUT2D eigenvalue weighted by Crippen LogP contribution is -2.49. The molecule has 98 valence electrons. The van der Waals surface area contributed by atoms with Gasteiger partial charge < -0.3 is 20.0 Å². The lowest BCUT2D eigenvalue weighted by Gasteiger charge is -2.29. The second kappa shape index (κ2) is 6.44. The smallest absolute Gasteiger partial charge is 0.326 e. The Morgan fingerprint density at radius 2 is 2.12 bits per heavy atom. The van der Waals surface area contributed by atoms with Crippen LogP contribution in [0.15, 0.2) is 0 Å². The van der Waals surface area contributed by atoms with Crippen LogP contribution in [0.1, 0.15) is 26.2 Å². The average molecular weight is 244 g/mol. The van der Waals surface area contributed by atoms with Gasteiger partial charge in [0.1, 0.15) is 6.04 Å². The summed E-state index contributed by atoms with van der Waals surface area (Å²) in [7, 11) is 0. The average Bonchev–Trinajstić information content (AvgIpc) is 2.76. The SMILES string of the molecule is CCCN(CCO)C(=O)N1CCCC1C(=O)O. The number of nitrogens with zero attached hydrogens (tertiary/aromatic N) is 2. The number of carboxylic acids is 1. The molecule has 6 nitrogen and oxygen atoms in total. The summed E-state index contributed by atoms with van der Waals surface area (Å²) in [5, 5.41) is 17.9. The highest BCUT2D eigenvalue weighted by molar-refractivity contribution is 5.83. The fraction of sp³-hybridized carbons (Fsp3) is 0.818. The highest BCUT2D eigenvalue weighted by atomic mass is 16.4. The summed E-state index contributed by atoms with van der Waals surface area (Å²) in [4.78, 5) is 26.0. The normalized spacial score (nSPS) is 19.4. The minimum absolute atomic E-state index is 0.0999. The van der Waals surface area contributed by atoms with E-state index in [-0.39, 0.29) is 19.2 Å². The number of likely N-dealkylation sites (tertiary alicyclic amines) is 1. The number of carbonyl (C=O) groups is 2. The van der Waals surface area contributed by atoms with E-state index in [2.05, 4.69) is 0 Å². The number of carboxylic acid groups (broad SMARTS) is 1. The molecule has 6 heteroatoms. The van der Waals surface area contributed by atoms with Crippen LogP contribution in [-0.2, 0) is 4.79 Å². The van der Waals surface area contributed by atoms with Gasteiger partial charge in [0.25, 0.3) is 0 Å². The van der Waals surface area contributed by atoms with Crippen LogP contribution >= 0.6 is 0 Å². The summed E-state index contributed by atoms with van der Waals surface area (Å²) in [6.45, 7) is 3.13. The number of hydrogen-bond acceptors (Lipinski definition) is 3. The molecule has 0 bridgehead atoms. The molecule has 0 radical (unpaired) electrons. The van der Waals surface area contributed by atoms with Crippen molar-refractivity contribution < 1.29 is 19.8 Å². The number of aliphatic carboxylic acids is 1. The van der Waals surface area contributed by atoms with E-state index >= 15 is 0 Å². The van der Waals surface area contributed by atoms with E-state index in [4.69, 9.17) is 10.2 Å². The first-order valence-electron chi connectivity index (χ1n) is 6.01. The van der Waals surface area contributed by atoms with Gasteiger partial charge in [0.05, 0.1) is 6.61 Å². The van der Waals surface area contributed by atoms with Crippen LogP contribution in [0.25, 0.3) is 0 Å². The number of aliphatic hydroxyl groups is 1. The first-order valence-corrected chi connectivity index (χ1v) is 6.01. The van der Waals surface area contributed by atoms with Crippen molar-refractivity contribution >= 4 is 12.0 Å². The molecule has 0 aromatic heterocycles. The molecule has 17 heavy (non-hydrogen) atoms. The molecule has 1 unspecified atom stereocenters. The van der Waals surface area contributed by atoms with Crippen LogP contribution in [0.4, 0.5) is 4.79 Å². The summed E-state index contributed by atoms with van der Waals surface area (Å²) in [6, 6.07) is -0.980. The third kappa shape index (κ3) is 3.33. The second-order valence-electron chi connectivity index (χ2n) is 4.18. The molecule has 2 amide bonds. The monoisotopic (exact) mass is 244 g/mol. The van der Waals surface area contributed by atoms with Gasteiger partial charge in [-0.2, -0.15) is 0 Å². The van der Waals surface area contributed by atoms with Crippen LogP contribution < -0.4 is 0 Å². The van der Waals surface area contributed by atoms with Crippen LogP contribution in [0.3, 0.4) is 0 Å². The third-order valence-electron chi connectivity index (χ3n) is 2.92. The number of amides is 2. The first-order chi connectivity index (χ1) is 8.11. The van der Waals surface area contributed by atoms with Gasteiger partial charge in [0.15, 0.2) is 0 Å². The van der Waals surface area contributed by atoms with Crippen molar-refractivity contribution in [3.63, 3.8) is 0 Å². The van der Waals surface area contributed by atoms with Crippen LogP contribution in [0.5, 0.6) is 0 Å². The zero-order valence-corrected chi connectivity index (χ0v) is 10.1. The Hall–Kier alpha value is -1.30. The molecular formula is C11H20N2O4. The molecule has 0 aromatic rings. The molecule has 1 rings (SSSR count). The van der Waals surface area contributed by atoms with E-state index in [0.717, 1.165) is 12.8 Å². The van der Waals surface area contributed by atoms with Crippen molar-refractivity contribution in [1.82, 2.24) is 9.80 Å². The molecule has 0 aromatic carbocycles. The van der Waals surface area contributed by atoms with E-state index in [1.54, 1.807) is 0 Å². The highest BCUT2D eigenvalue weighted by Crippen LogP contribution is 2.19. The Labute approximate surface area is 101 Å². The summed E-state index contributed by atoms with van der Waals surface area (Å²) in [5.74, 6) is -0.948. The molecule has 1 aliphatic rings. The van der Waals surface area contributed by atoms with Crippen molar-refractivity contribution in [3.05, 3.63) is 0 Å². The van der Waals surface area contributed by atoms with Gasteiger partial charge in [-0.1, -0.05) is 6.92 Å². The Kier molecular flexibility index (Phi) is 5.21. The van der Waals surface area contributed by atoms with Crippen molar-refractivity contribution in [2.45, 2.75) is 32.2 Å². The quantitative estimate of drug-likeness (QED) is 0.731. The van der Waals surface area contributed by atoms with Gasteiger partial charge in [-0.25, -0.2) is 9.59 Å². The molecule has 1 fully saturated rings. The summed E-state index contributed by atoms with van der Waals surface area (Å²) in [6.07, 6.45) is 2.03. The van der Waals surface area contributed by atoms with Gasteiger partial charge in [-0.05, 0) is 19.3 Å². The van der Waals surface area contributed by atoms with Crippen molar-refractivity contribution in [3.8, 4) is 0 Å². The van der Waals surface area contributed by atoms with Gasteiger partial charge in [-0.15, -0.1) is 0 Å². The van der Waals surface area contributed by atoms with Crippen molar-refractivity contribution in [2.75, 3.05) is 26.2 Å². The minimum Gasteiger partial charge on any atom is -0.480 e. The molecular weight excluding hydrogens is 224 g/mol. The van der Waals surface area contributed by atoms with Crippen molar-refractivity contribution in [1.29, 1.82) is 0 Å². The van der Waals surface area contributed by atoms with E-state index in [1.165, 1.54) is 9.80 Å². The number of hydrogen-bond donors (Lipinski definition) is 2. The molecule has 0 aliphatic carbocycles. The van der Waals surface area contributed by atoms with Gasteiger partial charge in [0.2, 0.25) is 0 Å². The number of carbonyl (C=O) groups excluding carboxylic acids is 1. The van der Waals surface area contributed by atoms with Crippen LogP contribution in [-0.4, -0.2) is 64.3 Å². The molecule has 1 atom stereocenters. The lowest BCUT2D eigenvalue weighted by atomic mass is 10.2. The van der Waals surface area contributed by atoms with Gasteiger partial charge in [-0.3, -0.25) is 0 Å². The Morgan fingerprint density at radius 3 is 2.65 bits per heavy atom. The maximum absolute atomic E-state index is 12.1. The van der Waals surface area contributed by atoms with E-state index < -0.39 is 12.0 Å². The first kappa shape index (κ1) is 13.8. The lowest BCUT2D eigenvalue weighted by molar-refractivity contribution is -0.141. The Bertz CT molecular complexity index is 277. The fourth-order valence-electron chi connectivity index (χ4n) is 2.13. The topological polar surface area (TPSA) is 81.1 Å². The molecule has 0 saturated carbocycles. The van der Waals surface area contributed by atoms with E-state index in [1.807, 2.05) is 6.92 Å². The standard InChI is InChI=1S/C11H20N2O4/c1-2-5-12(7-8-14)11(17)13-6-3-4-9(13)10(15)16/h9,14H,2-8H2,1H3,(H,15,16). The maximum atomic E-state index is 12.1. The van der Waals surface area contributed by atoms with Crippen molar-refractivity contribution in [2.24, 2.45) is 0 Å². The predicted molar refractivity (Wildman–Crippen MR) is 61.7 cm³/mol. The van der Waals surface area contributed by atoms with E-state index in [0.29, 0.717) is 19.5 Å². The van der Waals surface area contributed by atoms with Gasteiger partial charge >= 0.3 is 12.0 Å². The van der Waals surface area contributed by atoms with E-state index in [9.17, 15) is 9.59 Å². The number of aliphatic hydroxyl groups excluding tert-OH is 1. The fourth-order valence-corrected chi connectivity index (χ4v) is 2.13. The largest absolute Gasteiger partial charge is 0.480 e. The van der Waals surface area contributed by atoms with Gasteiger partial charge in [0, 0.05) is 19.6 Å². The molecule has 1 saturated heterocycles. The highest BCUT2D eigenvalue weighted by Gasteiger charge is 2.35. The Balaban J connectivity index is 2.68. The molecule has 1 aliphatic heterocycles. The molecule has 2 N–H and O–H groups in total. The summed E-state index contributed by atoms with van der Waals surface area (Å²) >= 11 is 0. The van der Waals surface area contributed by atoms with Crippen LogP contribution in [0, 0.1) is 0 Å². The zero-order chi connectivity index (χ0) is 12.8. The van der Waals surface area contributed by atoms with Crippen LogP contribution in [0.2, 0.25) is 0 Å². The Morgan fingerprint density at radius 1 is 1.41 bits per heavy atom. The molecule has 1 heterocycles. The predicted octanol–water partition coefficient (Wildman–Crippen LogP) is 0.360.